The molecular weight excluding hydrogens is 262 g/mol. The quantitative estimate of drug-likeness (QED) is 0.805. The maximum atomic E-state index is 11.9. The van der Waals surface area contributed by atoms with Crippen LogP contribution in [0.25, 0.3) is 10.2 Å². The number of aromatic nitrogens is 2. The Balaban J connectivity index is 2.26. The van der Waals surface area contributed by atoms with Crippen molar-refractivity contribution in [3.05, 3.63) is 17.8 Å². The van der Waals surface area contributed by atoms with Crippen molar-refractivity contribution < 1.29 is 9.53 Å². The summed E-state index contributed by atoms with van der Waals surface area (Å²) in [5.41, 5.74) is 0.895. The molecule has 0 saturated carbocycles. The predicted molar refractivity (Wildman–Crippen MR) is 76.5 cm³/mol. The fraction of sp³-hybridized carbons (Fsp3) is 0.462. The Morgan fingerprint density at radius 3 is 2.79 bits per heavy atom. The van der Waals surface area contributed by atoms with Crippen LogP contribution in [0.3, 0.4) is 0 Å². The first-order valence-electron chi connectivity index (χ1n) is 6.12. The van der Waals surface area contributed by atoms with Gasteiger partial charge >= 0.3 is 5.97 Å². The molecule has 0 aliphatic rings. The topological polar surface area (TPSA) is 55.3 Å². The highest BCUT2D eigenvalue weighted by atomic mass is 32.1. The van der Waals surface area contributed by atoms with E-state index in [1.807, 2.05) is 44.2 Å². The van der Waals surface area contributed by atoms with Gasteiger partial charge in [0.25, 0.3) is 0 Å². The molecule has 2 aromatic rings. The molecule has 0 N–H and O–H groups in total. The summed E-state index contributed by atoms with van der Waals surface area (Å²) in [5.74, 6) is 0.508. The number of likely N-dealkylation sites (N-methyl/N-ethyl adjacent to an activating group) is 1. The van der Waals surface area contributed by atoms with Crippen LogP contribution in [0.4, 0.5) is 5.82 Å². The van der Waals surface area contributed by atoms with Gasteiger partial charge in [0.1, 0.15) is 18.2 Å². The number of hydrogen-bond donors (Lipinski definition) is 0. The number of fused-ring (bicyclic) bond motifs is 1. The minimum absolute atomic E-state index is 0.115. The summed E-state index contributed by atoms with van der Waals surface area (Å²) >= 11 is 1.57. The maximum Gasteiger partial charge on any atom is 0.328 e. The predicted octanol–water partition coefficient (Wildman–Crippen LogP) is 2.47. The molecule has 1 atom stereocenters. The molecule has 0 unspecified atom stereocenters. The molecule has 2 heterocycles. The van der Waals surface area contributed by atoms with Gasteiger partial charge in [0.15, 0.2) is 0 Å². The number of nitrogens with zero attached hydrogens (tertiary/aromatic N) is 3. The highest BCUT2D eigenvalue weighted by molar-refractivity contribution is 7.17. The molecule has 0 aromatic carbocycles. The van der Waals surface area contributed by atoms with Gasteiger partial charge in [0, 0.05) is 7.05 Å². The Kier molecular flexibility index (Phi) is 3.99. The van der Waals surface area contributed by atoms with Crippen molar-refractivity contribution in [2.75, 3.05) is 11.9 Å². The lowest BCUT2D eigenvalue weighted by molar-refractivity contribution is -0.148. The van der Waals surface area contributed by atoms with Gasteiger partial charge < -0.3 is 9.64 Å². The van der Waals surface area contributed by atoms with Gasteiger partial charge in [-0.1, -0.05) is 0 Å². The van der Waals surface area contributed by atoms with Crippen molar-refractivity contribution in [1.29, 1.82) is 0 Å². The Bertz CT molecular complexity index is 582. The van der Waals surface area contributed by atoms with Crippen molar-refractivity contribution in [2.24, 2.45) is 0 Å². The van der Waals surface area contributed by atoms with Crippen molar-refractivity contribution in [3.8, 4) is 0 Å². The van der Waals surface area contributed by atoms with Crippen LogP contribution in [-0.2, 0) is 9.53 Å². The second kappa shape index (κ2) is 5.52. The zero-order chi connectivity index (χ0) is 14.0. The van der Waals surface area contributed by atoms with E-state index < -0.39 is 0 Å². The van der Waals surface area contributed by atoms with Crippen LogP contribution in [0.2, 0.25) is 0 Å². The van der Waals surface area contributed by atoms with Gasteiger partial charge in [-0.25, -0.2) is 14.8 Å². The monoisotopic (exact) mass is 279 g/mol. The molecule has 0 aliphatic carbocycles. The van der Waals surface area contributed by atoms with E-state index in [-0.39, 0.29) is 18.1 Å². The molecule has 19 heavy (non-hydrogen) atoms. The molecule has 0 spiro atoms. The fourth-order valence-electron chi connectivity index (χ4n) is 1.70. The molecule has 0 radical (unpaired) electrons. The zero-order valence-electron chi connectivity index (χ0n) is 11.5. The van der Waals surface area contributed by atoms with Crippen molar-refractivity contribution in [2.45, 2.75) is 32.9 Å². The highest BCUT2D eigenvalue weighted by Crippen LogP contribution is 2.28. The molecule has 5 nitrogen and oxygen atoms in total. The van der Waals surface area contributed by atoms with Gasteiger partial charge in [0.2, 0.25) is 0 Å². The molecule has 0 amide bonds. The molecule has 102 valence electrons. The largest absolute Gasteiger partial charge is 0.461 e. The summed E-state index contributed by atoms with van der Waals surface area (Å²) in [6, 6.07) is 1.55. The molecule has 2 aromatic heterocycles. The van der Waals surface area contributed by atoms with Gasteiger partial charge in [-0.15, -0.1) is 11.3 Å². The summed E-state index contributed by atoms with van der Waals surface area (Å²) in [4.78, 5) is 22.2. The van der Waals surface area contributed by atoms with E-state index in [1.165, 1.54) is 6.33 Å². The summed E-state index contributed by atoms with van der Waals surface area (Å²) in [5, 5.41) is 1.97. The van der Waals surface area contributed by atoms with Crippen LogP contribution >= 0.6 is 11.3 Å². The molecule has 2 rings (SSSR count). The number of thiophene rings is 1. The van der Waals surface area contributed by atoms with Crippen LogP contribution in [-0.4, -0.2) is 35.1 Å². The number of rotatable bonds is 4. The first-order chi connectivity index (χ1) is 9.00. The summed E-state index contributed by atoms with van der Waals surface area (Å²) in [6.07, 6.45) is 1.40. The first-order valence-corrected chi connectivity index (χ1v) is 7.00. The van der Waals surface area contributed by atoms with Gasteiger partial charge in [-0.05, 0) is 32.2 Å². The second-order valence-corrected chi connectivity index (χ2v) is 5.52. The van der Waals surface area contributed by atoms with E-state index in [0.29, 0.717) is 0 Å². The SMILES string of the molecule is CC(C)OC(=O)[C@H](C)N(C)c1ncnc2ccsc12. The lowest BCUT2D eigenvalue weighted by Gasteiger charge is -2.25. The molecule has 0 saturated heterocycles. The van der Waals surface area contributed by atoms with Gasteiger partial charge in [0.05, 0.1) is 16.3 Å². The first kappa shape index (κ1) is 13.7. The van der Waals surface area contributed by atoms with E-state index in [2.05, 4.69) is 9.97 Å². The molecular formula is C13H17N3O2S. The molecule has 0 fully saturated rings. The minimum Gasteiger partial charge on any atom is -0.461 e. The lowest BCUT2D eigenvalue weighted by Crippen LogP contribution is -2.38. The third-order valence-electron chi connectivity index (χ3n) is 2.83. The Morgan fingerprint density at radius 1 is 1.37 bits per heavy atom. The standard InChI is InChI=1S/C13H17N3O2S/c1-8(2)18-13(17)9(3)16(4)12-11-10(5-6-19-11)14-7-15-12/h5-9H,1-4H3/t9-/m0/s1. The number of carbonyl (C=O) groups is 1. The summed E-state index contributed by atoms with van der Waals surface area (Å²) < 4.78 is 6.21. The molecule has 0 bridgehead atoms. The van der Waals surface area contributed by atoms with E-state index >= 15 is 0 Å². The summed E-state index contributed by atoms with van der Waals surface area (Å²) in [6.45, 7) is 5.49. The number of hydrogen-bond acceptors (Lipinski definition) is 6. The van der Waals surface area contributed by atoms with Crippen molar-refractivity contribution in [1.82, 2.24) is 9.97 Å². The summed E-state index contributed by atoms with van der Waals surface area (Å²) in [7, 11) is 1.84. The number of ether oxygens (including phenoxy) is 1. The van der Waals surface area contributed by atoms with Crippen LogP contribution in [0.1, 0.15) is 20.8 Å². The van der Waals surface area contributed by atoms with E-state index in [4.69, 9.17) is 4.74 Å². The normalized spacial score (nSPS) is 12.7. The Hall–Kier alpha value is -1.69. The van der Waals surface area contributed by atoms with E-state index in [0.717, 1.165) is 16.0 Å². The lowest BCUT2D eigenvalue weighted by atomic mass is 10.3. The minimum atomic E-state index is -0.386. The highest BCUT2D eigenvalue weighted by Gasteiger charge is 2.23. The number of anilines is 1. The van der Waals surface area contributed by atoms with E-state index in [9.17, 15) is 4.79 Å². The Morgan fingerprint density at radius 2 is 2.11 bits per heavy atom. The van der Waals surface area contributed by atoms with E-state index in [1.54, 1.807) is 11.3 Å². The fourth-order valence-corrected chi connectivity index (χ4v) is 2.58. The van der Waals surface area contributed by atoms with Crippen LogP contribution in [0.5, 0.6) is 0 Å². The maximum absolute atomic E-state index is 11.9. The zero-order valence-corrected chi connectivity index (χ0v) is 12.3. The number of carbonyl (C=O) groups excluding carboxylic acids is 1. The third kappa shape index (κ3) is 2.84. The van der Waals surface area contributed by atoms with Crippen LogP contribution in [0.15, 0.2) is 17.8 Å². The Labute approximate surface area is 116 Å². The third-order valence-corrected chi connectivity index (χ3v) is 3.73. The van der Waals surface area contributed by atoms with Gasteiger partial charge in [-0.2, -0.15) is 0 Å². The molecule has 6 heteroatoms. The average molecular weight is 279 g/mol. The average Bonchev–Trinajstić information content (AvgIpc) is 2.84. The van der Waals surface area contributed by atoms with Crippen LogP contribution in [0, 0.1) is 0 Å². The van der Waals surface area contributed by atoms with Crippen molar-refractivity contribution >= 4 is 33.3 Å². The van der Waals surface area contributed by atoms with Gasteiger partial charge in [-0.3, -0.25) is 0 Å². The van der Waals surface area contributed by atoms with Crippen LogP contribution < -0.4 is 4.90 Å². The number of esters is 1. The molecule has 0 aliphatic heterocycles. The smallest absolute Gasteiger partial charge is 0.328 e. The van der Waals surface area contributed by atoms with Crippen molar-refractivity contribution in [3.63, 3.8) is 0 Å². The second-order valence-electron chi connectivity index (χ2n) is 4.60.